The lowest BCUT2D eigenvalue weighted by atomic mass is 9.95. The third-order valence-electron chi connectivity index (χ3n) is 4.97. The highest BCUT2D eigenvalue weighted by molar-refractivity contribution is 7.92. The average Bonchev–Trinajstić information content (AvgIpc) is 2.80. The molecule has 9 heteroatoms. The Morgan fingerprint density at radius 1 is 0.941 bits per heavy atom. The molecule has 2 N–H and O–H groups in total. The number of para-hydroxylation sites is 1. The van der Waals surface area contributed by atoms with E-state index < -0.39 is 15.8 Å². The first kappa shape index (κ1) is 23.2. The molecular formula is C25H22FN3O4S. The summed E-state index contributed by atoms with van der Waals surface area (Å²) in [7, 11) is -4.12. The number of nitrogens with zero attached hydrogens (tertiary/aromatic N) is 2. The summed E-state index contributed by atoms with van der Waals surface area (Å²) in [5.41, 5.74) is 2.15. The Bertz CT molecular complexity index is 1440. The molecule has 4 rings (SSSR count). The van der Waals surface area contributed by atoms with Crippen LogP contribution in [0.5, 0.6) is 17.4 Å². The Labute approximate surface area is 197 Å². The number of anilines is 1. The minimum atomic E-state index is -4.12. The quantitative estimate of drug-likeness (QED) is 0.352. The standard InChI is InChI=1S/C25H22FN3O4S/c1-16(2)19-10-3-4-11-20(19)22-15-24(33-23-13-6-5-12-21(23)26)28-25(27-22)29-34(31,32)18-9-7-8-17(30)14-18/h3-16,30H,1-2H3,(H,27,28,29). The zero-order valence-electron chi connectivity index (χ0n) is 18.4. The second-order valence-electron chi connectivity index (χ2n) is 7.79. The molecule has 0 spiro atoms. The molecule has 3 aromatic carbocycles. The van der Waals surface area contributed by atoms with Crippen molar-refractivity contribution in [3.8, 4) is 28.6 Å². The van der Waals surface area contributed by atoms with Gasteiger partial charge in [0.25, 0.3) is 10.0 Å². The first-order chi connectivity index (χ1) is 16.2. The first-order valence-electron chi connectivity index (χ1n) is 10.5. The number of ether oxygens (including phenoxy) is 1. The van der Waals surface area contributed by atoms with Gasteiger partial charge in [-0.3, -0.25) is 0 Å². The Kier molecular flexibility index (Phi) is 6.47. The summed E-state index contributed by atoms with van der Waals surface area (Å²) in [5.74, 6) is -0.993. The molecule has 1 aromatic heterocycles. The Balaban J connectivity index is 1.81. The van der Waals surface area contributed by atoms with Crippen molar-refractivity contribution < 1.29 is 22.7 Å². The van der Waals surface area contributed by atoms with Crippen molar-refractivity contribution in [2.75, 3.05) is 4.72 Å². The molecule has 0 bridgehead atoms. The molecular weight excluding hydrogens is 457 g/mol. The van der Waals surface area contributed by atoms with Crippen molar-refractivity contribution in [1.82, 2.24) is 9.97 Å². The van der Waals surface area contributed by atoms with Crippen molar-refractivity contribution >= 4 is 16.0 Å². The number of phenols is 1. The van der Waals surface area contributed by atoms with Crippen molar-refractivity contribution in [1.29, 1.82) is 0 Å². The van der Waals surface area contributed by atoms with Crippen molar-refractivity contribution in [3.05, 3.63) is 90.2 Å². The topological polar surface area (TPSA) is 101 Å². The molecule has 0 radical (unpaired) electrons. The van der Waals surface area contributed by atoms with E-state index in [0.717, 1.165) is 17.2 Å². The van der Waals surface area contributed by atoms with E-state index in [1.54, 1.807) is 6.07 Å². The number of phenolic OH excluding ortho intramolecular Hbond substituents is 1. The molecule has 34 heavy (non-hydrogen) atoms. The summed E-state index contributed by atoms with van der Waals surface area (Å²) in [4.78, 5) is 8.39. The highest BCUT2D eigenvalue weighted by Crippen LogP contribution is 2.32. The van der Waals surface area contributed by atoms with E-state index >= 15 is 0 Å². The summed E-state index contributed by atoms with van der Waals surface area (Å²) >= 11 is 0. The van der Waals surface area contributed by atoms with E-state index in [2.05, 4.69) is 14.7 Å². The molecule has 0 aliphatic carbocycles. The number of halogens is 1. The summed E-state index contributed by atoms with van der Waals surface area (Å²) in [5, 5.41) is 9.67. The van der Waals surface area contributed by atoms with Crippen LogP contribution in [0.1, 0.15) is 25.3 Å². The van der Waals surface area contributed by atoms with Gasteiger partial charge in [-0.15, -0.1) is 0 Å². The number of hydrogen-bond acceptors (Lipinski definition) is 6. The van der Waals surface area contributed by atoms with E-state index in [-0.39, 0.29) is 34.1 Å². The number of benzene rings is 3. The van der Waals surface area contributed by atoms with Crippen LogP contribution in [0.25, 0.3) is 11.3 Å². The largest absolute Gasteiger partial charge is 0.508 e. The normalized spacial score (nSPS) is 11.4. The van der Waals surface area contributed by atoms with Crippen LogP contribution in [0.15, 0.2) is 83.8 Å². The van der Waals surface area contributed by atoms with Gasteiger partial charge in [-0.05, 0) is 35.7 Å². The molecule has 0 aliphatic heterocycles. The molecule has 0 amide bonds. The van der Waals surface area contributed by atoms with Crippen LogP contribution in [0.3, 0.4) is 0 Å². The van der Waals surface area contributed by atoms with E-state index in [0.29, 0.717) is 5.69 Å². The number of nitrogens with one attached hydrogen (secondary N) is 1. The molecule has 7 nitrogen and oxygen atoms in total. The SMILES string of the molecule is CC(C)c1ccccc1-c1cc(Oc2ccccc2F)nc(NS(=O)(=O)c2cccc(O)c2)n1. The van der Waals surface area contributed by atoms with Crippen LogP contribution in [-0.4, -0.2) is 23.5 Å². The summed E-state index contributed by atoms with van der Waals surface area (Å²) in [6.07, 6.45) is 0. The van der Waals surface area contributed by atoms with Crippen LogP contribution < -0.4 is 9.46 Å². The van der Waals surface area contributed by atoms with Gasteiger partial charge in [0, 0.05) is 17.7 Å². The molecule has 4 aromatic rings. The number of aromatic hydroxyl groups is 1. The van der Waals surface area contributed by atoms with Crippen LogP contribution in [0.2, 0.25) is 0 Å². The molecule has 0 saturated heterocycles. The third-order valence-corrected chi connectivity index (χ3v) is 6.29. The molecule has 0 saturated carbocycles. The maximum Gasteiger partial charge on any atom is 0.264 e. The van der Waals surface area contributed by atoms with Gasteiger partial charge in [-0.1, -0.05) is 56.3 Å². The number of aromatic nitrogens is 2. The average molecular weight is 480 g/mol. The predicted molar refractivity (Wildman–Crippen MR) is 127 cm³/mol. The fourth-order valence-corrected chi connectivity index (χ4v) is 4.35. The van der Waals surface area contributed by atoms with E-state index in [4.69, 9.17) is 4.74 Å². The van der Waals surface area contributed by atoms with Gasteiger partial charge >= 0.3 is 0 Å². The van der Waals surface area contributed by atoms with Gasteiger partial charge in [0.2, 0.25) is 11.8 Å². The van der Waals surface area contributed by atoms with E-state index in [9.17, 15) is 17.9 Å². The van der Waals surface area contributed by atoms with Crippen LogP contribution >= 0.6 is 0 Å². The highest BCUT2D eigenvalue weighted by Gasteiger charge is 2.20. The van der Waals surface area contributed by atoms with Crippen molar-refractivity contribution in [2.45, 2.75) is 24.7 Å². The summed E-state index contributed by atoms with van der Waals surface area (Å²) < 4.78 is 48.0. The van der Waals surface area contributed by atoms with Crippen LogP contribution in [0, 0.1) is 5.82 Å². The van der Waals surface area contributed by atoms with Crippen LogP contribution in [-0.2, 0) is 10.0 Å². The number of hydrogen-bond donors (Lipinski definition) is 2. The van der Waals surface area contributed by atoms with E-state index in [1.807, 2.05) is 38.1 Å². The first-order valence-corrected chi connectivity index (χ1v) is 11.9. The Morgan fingerprint density at radius 3 is 2.41 bits per heavy atom. The maximum absolute atomic E-state index is 14.2. The van der Waals surface area contributed by atoms with E-state index in [1.165, 1.54) is 42.5 Å². The molecule has 0 unspecified atom stereocenters. The number of sulfonamides is 1. The zero-order valence-corrected chi connectivity index (χ0v) is 19.3. The Hall–Kier alpha value is -3.98. The third kappa shape index (κ3) is 5.15. The predicted octanol–water partition coefficient (Wildman–Crippen LogP) is 5.70. The second kappa shape index (κ2) is 9.48. The molecule has 0 fully saturated rings. The van der Waals surface area contributed by atoms with Gasteiger partial charge < -0.3 is 9.84 Å². The molecule has 1 heterocycles. The molecule has 174 valence electrons. The lowest BCUT2D eigenvalue weighted by molar-refractivity contribution is 0.427. The van der Waals surface area contributed by atoms with Crippen molar-refractivity contribution in [3.63, 3.8) is 0 Å². The van der Waals surface area contributed by atoms with Gasteiger partial charge in [0.1, 0.15) is 5.75 Å². The summed E-state index contributed by atoms with van der Waals surface area (Å²) in [6, 6.07) is 20.1. The van der Waals surface area contributed by atoms with Gasteiger partial charge in [-0.2, -0.15) is 4.98 Å². The fraction of sp³-hybridized carbons (Fsp3) is 0.120. The Morgan fingerprint density at radius 2 is 1.68 bits per heavy atom. The lowest BCUT2D eigenvalue weighted by Crippen LogP contribution is -2.15. The molecule has 0 aliphatic rings. The minimum absolute atomic E-state index is 0.0396. The number of rotatable bonds is 7. The lowest BCUT2D eigenvalue weighted by Gasteiger charge is -2.15. The van der Waals surface area contributed by atoms with Crippen LogP contribution in [0.4, 0.5) is 10.3 Å². The second-order valence-corrected chi connectivity index (χ2v) is 9.47. The smallest absolute Gasteiger partial charge is 0.264 e. The van der Waals surface area contributed by atoms with Gasteiger partial charge in [0.15, 0.2) is 11.6 Å². The van der Waals surface area contributed by atoms with Gasteiger partial charge in [-0.25, -0.2) is 22.5 Å². The zero-order chi connectivity index (χ0) is 24.3. The van der Waals surface area contributed by atoms with Gasteiger partial charge in [0.05, 0.1) is 10.6 Å². The fourth-order valence-electron chi connectivity index (χ4n) is 3.36. The van der Waals surface area contributed by atoms with Crippen molar-refractivity contribution in [2.24, 2.45) is 0 Å². The highest BCUT2D eigenvalue weighted by atomic mass is 32.2. The molecule has 0 atom stereocenters. The summed E-state index contributed by atoms with van der Waals surface area (Å²) in [6.45, 7) is 4.06. The minimum Gasteiger partial charge on any atom is -0.508 e. The maximum atomic E-state index is 14.2. The monoisotopic (exact) mass is 479 g/mol.